The van der Waals surface area contributed by atoms with Gasteiger partial charge in [0.25, 0.3) is 0 Å². The largest absolute Gasteiger partial charge is 0.392 e. The molecule has 11 amide bonds. The van der Waals surface area contributed by atoms with Crippen molar-refractivity contribution >= 4 is 65.0 Å². The lowest BCUT2D eigenvalue weighted by molar-refractivity contribution is -0.152. The molecule has 0 heterocycles. The van der Waals surface area contributed by atoms with Gasteiger partial charge in [-0.15, -0.1) is 0 Å². The highest BCUT2D eigenvalue weighted by atomic mass is 16.3. The van der Waals surface area contributed by atoms with E-state index in [4.69, 9.17) is 5.73 Å². The molecule has 0 aromatic carbocycles. The summed E-state index contributed by atoms with van der Waals surface area (Å²) in [5.41, 5.74) is 5.36. The van der Waals surface area contributed by atoms with Gasteiger partial charge in [-0.2, -0.15) is 0 Å². The van der Waals surface area contributed by atoms with Crippen molar-refractivity contribution in [3.8, 4) is 0 Å². The molecule has 0 aliphatic heterocycles. The molecule has 85 heavy (non-hydrogen) atoms. The third-order valence-corrected chi connectivity index (χ3v) is 14.9. The Morgan fingerprint density at radius 2 is 0.435 bits per heavy atom. The van der Waals surface area contributed by atoms with Crippen LogP contribution in [0.5, 0.6) is 0 Å². The molecule has 0 rings (SSSR count). The van der Waals surface area contributed by atoms with E-state index in [0.717, 1.165) is 24.5 Å². The fourth-order valence-electron chi connectivity index (χ4n) is 9.05. The third-order valence-electron chi connectivity index (χ3n) is 14.9. The maximum Gasteiger partial charge on any atom is 0.242 e. The maximum atomic E-state index is 14.5. The highest BCUT2D eigenvalue weighted by Gasteiger charge is 2.36. The van der Waals surface area contributed by atoms with Crippen LogP contribution in [0, 0.1) is 0 Å². The smallest absolute Gasteiger partial charge is 0.242 e. The molecular formula is C58H107N11O16. The number of amides is 11. The number of nitrogens with zero attached hydrogens (tertiary/aromatic N) is 10. The number of rotatable bonds is 41. The Morgan fingerprint density at radius 3 is 0.576 bits per heavy atom. The number of carbonyl (C=O) groups excluding carboxylic acids is 11. The number of carbonyl (C=O) groups is 11. The number of primary amides is 1. The van der Waals surface area contributed by atoms with E-state index in [-0.39, 0.29) is 51.1 Å². The van der Waals surface area contributed by atoms with Crippen LogP contribution in [0.3, 0.4) is 0 Å². The van der Waals surface area contributed by atoms with Gasteiger partial charge in [-0.05, 0) is 101 Å². The molecule has 0 aliphatic carbocycles. The van der Waals surface area contributed by atoms with Gasteiger partial charge in [0.05, 0.1) is 63.2 Å². The second-order valence-corrected chi connectivity index (χ2v) is 22.8. The Labute approximate surface area is 504 Å². The minimum atomic E-state index is -1.19. The Morgan fingerprint density at radius 1 is 0.271 bits per heavy atom. The first-order valence-electron chi connectivity index (χ1n) is 30.1. The van der Waals surface area contributed by atoms with Crippen molar-refractivity contribution in [3.05, 3.63) is 0 Å². The second kappa shape index (κ2) is 39.6. The SMILES string of the molecule is CCC(=O)N(CC(=O)N(CC(=O)N(CC(=O)N(CC(=O)N(CC(=O)N(CC(=O)N(CC(=O)N(CC(=O)N(CC(=O)N(CC(N)=O)CC(C)O)C(C)CC)CC(C)O)C(C)CC)CC(C)O)C(C)CC)CC(C)O)C(C)CC)CC(C)O)C(C)CC. The molecule has 0 spiro atoms. The number of aliphatic hydroxyl groups excluding tert-OH is 5. The average Bonchev–Trinajstić information content (AvgIpc) is 3.64. The van der Waals surface area contributed by atoms with Crippen molar-refractivity contribution in [3.63, 3.8) is 0 Å². The molecular weight excluding hydrogens is 1110 g/mol. The summed E-state index contributed by atoms with van der Waals surface area (Å²) in [5.74, 6) is -7.52. The summed E-state index contributed by atoms with van der Waals surface area (Å²) < 4.78 is 0. The fourth-order valence-corrected chi connectivity index (χ4v) is 9.05. The summed E-state index contributed by atoms with van der Waals surface area (Å²) >= 11 is 0. The molecule has 7 N–H and O–H groups in total. The first-order valence-corrected chi connectivity index (χ1v) is 30.1. The van der Waals surface area contributed by atoms with Crippen LogP contribution < -0.4 is 5.73 Å². The minimum absolute atomic E-state index is 0.142. The summed E-state index contributed by atoms with van der Waals surface area (Å²) in [6.45, 7) is 18.7. The maximum absolute atomic E-state index is 14.5. The lowest BCUT2D eigenvalue weighted by Crippen LogP contribution is -2.56. The number of hydrogen-bond acceptors (Lipinski definition) is 16. The van der Waals surface area contributed by atoms with Crippen molar-refractivity contribution < 1.29 is 78.3 Å². The van der Waals surface area contributed by atoms with Gasteiger partial charge in [-0.3, -0.25) is 52.7 Å². The topological polar surface area (TPSA) is 347 Å². The predicted molar refractivity (Wildman–Crippen MR) is 318 cm³/mol. The zero-order chi connectivity index (χ0) is 65.7. The molecule has 0 saturated carbocycles. The standard InChI is InChI=1S/C58H107N11O16/c1-17-38(7)65(49(76)22-6)33-51(78)61(24-44(13)71)29-56(83)67(40(9)19-3)35-53(80)63(26-46(15)73)31-58(85)69(42(11)21-5)37-54(81)64(27-47(16)74)32-57(84)68(41(10)20-4)36-52(79)62(25-45(14)72)30-55(82)66(39(8)18-2)34-50(77)60(23-43(12)70)28-48(59)75/h38-47,70-74H,17-37H2,1-16H3,(H2,59,75). The Hall–Kier alpha value is -6.03. The third kappa shape index (κ3) is 28.4. The van der Waals surface area contributed by atoms with Gasteiger partial charge in [0.15, 0.2) is 0 Å². The van der Waals surface area contributed by atoms with Gasteiger partial charge in [0, 0.05) is 69.4 Å². The van der Waals surface area contributed by atoms with Crippen LogP contribution in [0.15, 0.2) is 0 Å². The van der Waals surface area contributed by atoms with Crippen molar-refractivity contribution in [2.24, 2.45) is 5.73 Å². The molecule has 0 radical (unpaired) electrons. The lowest BCUT2D eigenvalue weighted by Gasteiger charge is -2.36. The van der Waals surface area contributed by atoms with Crippen LogP contribution in [0.4, 0.5) is 0 Å². The van der Waals surface area contributed by atoms with E-state index in [0.29, 0.717) is 32.1 Å². The molecule has 27 heteroatoms. The van der Waals surface area contributed by atoms with E-state index in [1.807, 2.05) is 6.92 Å². The highest BCUT2D eigenvalue weighted by molar-refractivity contribution is 5.95. The number of hydrogen-bond donors (Lipinski definition) is 6. The van der Waals surface area contributed by atoms with E-state index < -0.39 is 179 Å². The molecule has 0 aromatic heterocycles. The molecule has 0 aliphatic rings. The fraction of sp³-hybridized carbons (Fsp3) is 0.810. The van der Waals surface area contributed by atoms with Crippen molar-refractivity contribution in [1.82, 2.24) is 49.0 Å². The summed E-state index contributed by atoms with van der Waals surface area (Å²) in [5, 5.41) is 52.2. The summed E-state index contributed by atoms with van der Waals surface area (Å²) in [6.07, 6.45) is -3.52. The Bertz CT molecular complexity index is 2170. The molecule has 0 saturated heterocycles. The molecule has 27 nitrogen and oxygen atoms in total. The van der Waals surface area contributed by atoms with Crippen molar-refractivity contribution in [2.75, 3.05) is 98.2 Å². The van der Waals surface area contributed by atoms with Crippen LogP contribution in [0.1, 0.15) is 149 Å². The Balaban J connectivity index is 6.96. The van der Waals surface area contributed by atoms with Crippen LogP contribution in [0.25, 0.3) is 0 Å². The molecule has 0 fully saturated rings. The zero-order valence-electron chi connectivity index (χ0n) is 53.9. The van der Waals surface area contributed by atoms with Crippen molar-refractivity contribution in [1.29, 1.82) is 0 Å². The van der Waals surface area contributed by atoms with Crippen molar-refractivity contribution in [2.45, 2.75) is 210 Å². The van der Waals surface area contributed by atoms with Crippen LogP contribution in [-0.2, 0) is 52.7 Å². The van der Waals surface area contributed by atoms with Crippen LogP contribution in [0.2, 0.25) is 0 Å². The summed E-state index contributed by atoms with van der Waals surface area (Å²) in [6, 6.07) is -2.71. The number of aliphatic hydroxyl groups is 5. The summed E-state index contributed by atoms with van der Waals surface area (Å²) in [4.78, 5) is 164. The highest BCUT2D eigenvalue weighted by Crippen LogP contribution is 2.16. The molecule has 10 atom stereocenters. The van der Waals surface area contributed by atoms with Crippen LogP contribution in [-0.4, -0.2) is 298 Å². The molecule has 490 valence electrons. The van der Waals surface area contributed by atoms with Gasteiger partial charge >= 0.3 is 0 Å². The van der Waals surface area contributed by atoms with E-state index in [1.165, 1.54) is 59.1 Å². The van der Waals surface area contributed by atoms with Gasteiger partial charge in [-0.25, -0.2) is 0 Å². The first-order chi connectivity index (χ1) is 39.5. The zero-order valence-corrected chi connectivity index (χ0v) is 53.9. The quantitative estimate of drug-likeness (QED) is 0.0431. The molecule has 0 aromatic rings. The number of nitrogens with two attached hydrogens (primary N) is 1. The summed E-state index contributed by atoms with van der Waals surface area (Å²) in [7, 11) is 0. The normalized spacial score (nSPS) is 14.8. The minimum Gasteiger partial charge on any atom is -0.392 e. The molecule has 0 bridgehead atoms. The Kier molecular flexibility index (Phi) is 36.8. The van der Waals surface area contributed by atoms with E-state index in [9.17, 15) is 78.3 Å². The average molecular weight is 1210 g/mol. The van der Waals surface area contributed by atoms with Gasteiger partial charge in [0.1, 0.15) is 32.7 Å². The van der Waals surface area contributed by atoms with E-state index in [2.05, 4.69) is 0 Å². The van der Waals surface area contributed by atoms with Gasteiger partial charge < -0.3 is 80.3 Å². The van der Waals surface area contributed by atoms with E-state index >= 15 is 0 Å². The van der Waals surface area contributed by atoms with Gasteiger partial charge in [-0.1, -0.05) is 41.5 Å². The monoisotopic (exact) mass is 1210 g/mol. The predicted octanol–water partition coefficient (Wildman–Crippen LogP) is -0.936. The second-order valence-electron chi connectivity index (χ2n) is 22.8. The van der Waals surface area contributed by atoms with Crippen LogP contribution >= 0.6 is 0 Å². The van der Waals surface area contributed by atoms with E-state index in [1.54, 1.807) is 69.2 Å². The van der Waals surface area contributed by atoms with Gasteiger partial charge in [0.2, 0.25) is 65.0 Å². The lowest BCUT2D eigenvalue weighted by atomic mass is 10.1. The molecule has 10 unspecified atom stereocenters. The first kappa shape index (κ1) is 79.0.